The van der Waals surface area contributed by atoms with Gasteiger partial charge in [0, 0.05) is 17.1 Å². The second-order valence-electron chi connectivity index (χ2n) is 7.36. The van der Waals surface area contributed by atoms with E-state index in [4.69, 9.17) is 0 Å². The highest BCUT2D eigenvalue weighted by atomic mass is 15.1. The van der Waals surface area contributed by atoms with Crippen LogP contribution < -0.4 is 4.90 Å². The van der Waals surface area contributed by atoms with Crippen molar-refractivity contribution >= 4 is 11.4 Å². The molecule has 1 heteroatoms. The maximum atomic E-state index is 2.35. The normalized spacial score (nSPS) is 14.6. The summed E-state index contributed by atoms with van der Waals surface area (Å²) in [4.78, 5) is 2.31. The number of hydrogen-bond acceptors (Lipinski definition) is 1. The molecule has 0 bridgehead atoms. The predicted molar refractivity (Wildman–Crippen MR) is 119 cm³/mol. The first-order valence-corrected chi connectivity index (χ1v) is 9.99. The molecular formula is C27H23N. The Kier molecular flexibility index (Phi) is 4.42. The van der Waals surface area contributed by atoms with E-state index in [1.54, 1.807) is 0 Å². The van der Waals surface area contributed by atoms with Crippen molar-refractivity contribution in [2.24, 2.45) is 0 Å². The van der Waals surface area contributed by atoms with E-state index in [1.165, 1.54) is 52.2 Å². The molecule has 0 radical (unpaired) electrons. The van der Waals surface area contributed by atoms with Crippen molar-refractivity contribution in [3.8, 4) is 11.1 Å². The fourth-order valence-electron chi connectivity index (χ4n) is 3.92. The van der Waals surface area contributed by atoms with E-state index >= 15 is 0 Å². The molecule has 5 rings (SSSR count). The van der Waals surface area contributed by atoms with Crippen molar-refractivity contribution in [1.82, 2.24) is 0 Å². The Balaban J connectivity index is 1.52. The van der Waals surface area contributed by atoms with Gasteiger partial charge in [0.15, 0.2) is 0 Å². The van der Waals surface area contributed by atoms with Crippen LogP contribution in [0.4, 0.5) is 11.4 Å². The highest BCUT2D eigenvalue weighted by molar-refractivity contribution is 5.74. The molecule has 0 spiro atoms. The zero-order chi connectivity index (χ0) is 18.8. The van der Waals surface area contributed by atoms with Gasteiger partial charge in [-0.05, 0) is 77.9 Å². The lowest BCUT2D eigenvalue weighted by molar-refractivity contribution is 0.840. The highest BCUT2D eigenvalue weighted by Gasteiger charge is 2.15. The minimum absolute atomic E-state index is 0.972. The predicted octanol–water partition coefficient (Wildman–Crippen LogP) is 6.99. The topological polar surface area (TPSA) is 3.24 Å². The van der Waals surface area contributed by atoms with Crippen LogP contribution in [0.3, 0.4) is 0 Å². The first-order chi connectivity index (χ1) is 13.9. The number of hydrogen-bond donors (Lipinski definition) is 0. The van der Waals surface area contributed by atoms with Gasteiger partial charge in [-0.2, -0.15) is 0 Å². The number of allylic oxidation sites excluding steroid dienone is 5. The summed E-state index contributed by atoms with van der Waals surface area (Å²) in [5, 5.41) is 0. The van der Waals surface area contributed by atoms with Gasteiger partial charge >= 0.3 is 0 Å². The van der Waals surface area contributed by atoms with Crippen LogP contribution in [0.1, 0.15) is 17.5 Å². The molecule has 0 N–H and O–H groups in total. The van der Waals surface area contributed by atoms with Gasteiger partial charge in [-0.25, -0.2) is 0 Å². The van der Waals surface area contributed by atoms with Crippen LogP contribution in [0, 0.1) is 0 Å². The number of rotatable bonds is 4. The fraction of sp³-hybridized carbons (Fsp3) is 0.111. The summed E-state index contributed by atoms with van der Waals surface area (Å²) in [5.41, 5.74) is 9.12. The summed E-state index contributed by atoms with van der Waals surface area (Å²) >= 11 is 0. The smallest absolute Gasteiger partial charge is 0.0462 e. The van der Waals surface area contributed by atoms with Crippen molar-refractivity contribution < 1.29 is 0 Å². The molecule has 136 valence electrons. The quantitative estimate of drug-likeness (QED) is 0.484. The van der Waals surface area contributed by atoms with Gasteiger partial charge < -0.3 is 4.90 Å². The highest BCUT2D eigenvalue weighted by Crippen LogP contribution is 2.34. The van der Waals surface area contributed by atoms with Gasteiger partial charge in [-0.15, -0.1) is 0 Å². The molecule has 0 saturated heterocycles. The molecule has 0 unspecified atom stereocenters. The Morgan fingerprint density at radius 1 is 0.643 bits per heavy atom. The molecule has 0 atom stereocenters. The number of fused-ring (bicyclic) bond motifs is 1. The molecule has 2 aliphatic rings. The zero-order valence-electron chi connectivity index (χ0n) is 15.9. The van der Waals surface area contributed by atoms with Gasteiger partial charge in [0.1, 0.15) is 0 Å². The standard InChI is InChI=1S/C27H23N/c1-2-5-9-25(8-4-1)28(26-10-6-3-7-11-26)27-18-16-22(17-19-27)24-15-13-21-12-14-23(21)20-24/h1,3-11,13,15-20H,2,12,14H2. The first kappa shape index (κ1) is 16.8. The molecule has 1 nitrogen and oxygen atoms in total. The van der Waals surface area contributed by atoms with Crippen LogP contribution in [0.25, 0.3) is 11.1 Å². The maximum Gasteiger partial charge on any atom is 0.0462 e. The van der Waals surface area contributed by atoms with E-state index in [-0.39, 0.29) is 0 Å². The van der Waals surface area contributed by atoms with Crippen LogP contribution in [-0.2, 0) is 12.8 Å². The van der Waals surface area contributed by atoms with Crippen LogP contribution in [0.5, 0.6) is 0 Å². The van der Waals surface area contributed by atoms with Crippen molar-refractivity contribution in [2.75, 3.05) is 4.90 Å². The molecule has 3 aromatic rings. The van der Waals surface area contributed by atoms with Gasteiger partial charge in [-0.1, -0.05) is 66.8 Å². The van der Waals surface area contributed by atoms with Crippen molar-refractivity contribution in [3.63, 3.8) is 0 Å². The zero-order valence-corrected chi connectivity index (χ0v) is 15.9. The third-order valence-corrected chi connectivity index (χ3v) is 5.57. The summed E-state index contributed by atoms with van der Waals surface area (Å²) in [5.74, 6) is 0. The SMILES string of the molecule is C1=CCC=CC(N(c2ccccc2)c2ccc(-c3ccc4c(c3)CC4)cc2)=C1. The Labute approximate surface area is 167 Å². The van der Waals surface area contributed by atoms with E-state index in [9.17, 15) is 0 Å². The summed E-state index contributed by atoms with van der Waals surface area (Å²) in [6.45, 7) is 0. The largest absolute Gasteiger partial charge is 0.311 e. The second-order valence-corrected chi connectivity index (χ2v) is 7.36. The Morgan fingerprint density at radius 2 is 1.39 bits per heavy atom. The average molecular weight is 361 g/mol. The van der Waals surface area contributed by atoms with E-state index in [0.29, 0.717) is 0 Å². The number of nitrogens with zero attached hydrogens (tertiary/aromatic N) is 1. The number of benzene rings is 3. The molecule has 0 aromatic heterocycles. The van der Waals surface area contributed by atoms with Crippen molar-refractivity contribution in [2.45, 2.75) is 19.3 Å². The average Bonchev–Trinajstić information content (AvgIpc) is 3.00. The number of aryl methyl sites for hydroxylation is 2. The van der Waals surface area contributed by atoms with Crippen LogP contribution in [-0.4, -0.2) is 0 Å². The van der Waals surface area contributed by atoms with Crippen LogP contribution in [0.2, 0.25) is 0 Å². The molecule has 0 saturated carbocycles. The van der Waals surface area contributed by atoms with Crippen molar-refractivity contribution in [1.29, 1.82) is 0 Å². The number of anilines is 2. The van der Waals surface area contributed by atoms with Gasteiger partial charge in [-0.3, -0.25) is 0 Å². The van der Waals surface area contributed by atoms with Crippen LogP contribution in [0.15, 0.2) is 109 Å². The Bertz CT molecular complexity index is 1070. The molecule has 0 amide bonds. The Morgan fingerprint density at radius 3 is 2.14 bits per heavy atom. The van der Waals surface area contributed by atoms with E-state index in [1.807, 2.05) is 0 Å². The summed E-state index contributed by atoms with van der Waals surface area (Å²) in [7, 11) is 0. The molecule has 28 heavy (non-hydrogen) atoms. The molecule has 2 aliphatic carbocycles. The molecule has 3 aromatic carbocycles. The monoisotopic (exact) mass is 361 g/mol. The van der Waals surface area contributed by atoms with Crippen molar-refractivity contribution in [3.05, 3.63) is 120 Å². The maximum absolute atomic E-state index is 2.35. The van der Waals surface area contributed by atoms with E-state index in [0.717, 1.165) is 6.42 Å². The minimum atomic E-state index is 0.972. The first-order valence-electron chi connectivity index (χ1n) is 9.99. The summed E-state index contributed by atoms with van der Waals surface area (Å²) in [6.07, 6.45) is 14.3. The molecule has 0 heterocycles. The summed E-state index contributed by atoms with van der Waals surface area (Å²) in [6, 6.07) is 26.4. The minimum Gasteiger partial charge on any atom is -0.311 e. The van der Waals surface area contributed by atoms with E-state index in [2.05, 4.69) is 108 Å². The van der Waals surface area contributed by atoms with Gasteiger partial charge in [0.25, 0.3) is 0 Å². The second kappa shape index (κ2) is 7.36. The number of para-hydroxylation sites is 1. The third-order valence-electron chi connectivity index (χ3n) is 5.57. The molecule has 0 fully saturated rings. The third kappa shape index (κ3) is 3.20. The lowest BCUT2D eigenvalue weighted by Crippen LogP contribution is -2.14. The fourth-order valence-corrected chi connectivity index (χ4v) is 3.92. The van der Waals surface area contributed by atoms with E-state index < -0.39 is 0 Å². The van der Waals surface area contributed by atoms with Crippen LogP contribution >= 0.6 is 0 Å². The van der Waals surface area contributed by atoms with Gasteiger partial charge in [0.2, 0.25) is 0 Å². The Hall–Kier alpha value is -3.32. The summed E-state index contributed by atoms with van der Waals surface area (Å²) < 4.78 is 0. The lowest BCUT2D eigenvalue weighted by atomic mass is 9.86. The molecular weight excluding hydrogens is 338 g/mol. The lowest BCUT2D eigenvalue weighted by Gasteiger charge is -2.26. The molecule has 0 aliphatic heterocycles. The van der Waals surface area contributed by atoms with Gasteiger partial charge in [0.05, 0.1) is 0 Å².